The van der Waals surface area contributed by atoms with Gasteiger partial charge in [-0.1, -0.05) is 0 Å². The fourth-order valence-electron chi connectivity index (χ4n) is 3.16. The van der Waals surface area contributed by atoms with Gasteiger partial charge in [-0.05, 0) is 38.7 Å². The van der Waals surface area contributed by atoms with Crippen molar-refractivity contribution < 1.29 is 14.0 Å². The molecule has 3 rings (SSSR count). The maximum atomic E-state index is 12.5. The fraction of sp³-hybridized carbons (Fsp3) is 0.500. The minimum absolute atomic E-state index is 0.0594. The van der Waals surface area contributed by atoms with Crippen LogP contribution in [-0.2, 0) is 11.2 Å². The highest BCUT2D eigenvalue weighted by Crippen LogP contribution is 2.21. The van der Waals surface area contributed by atoms with Crippen molar-refractivity contribution in [3.8, 4) is 0 Å². The number of nitrogens with two attached hydrogens (primary N) is 1. The molecule has 0 aromatic carbocycles. The zero-order valence-corrected chi connectivity index (χ0v) is 15.8. The summed E-state index contributed by atoms with van der Waals surface area (Å²) in [7, 11) is 0. The molecule has 0 saturated carbocycles. The summed E-state index contributed by atoms with van der Waals surface area (Å²) in [5.41, 5.74) is 7.14. The van der Waals surface area contributed by atoms with E-state index in [1.807, 2.05) is 17.2 Å². The smallest absolute Gasteiger partial charge is 0.260 e. The monoisotopic (exact) mass is 376 g/mol. The maximum absolute atomic E-state index is 12.5. The van der Waals surface area contributed by atoms with Crippen LogP contribution in [0.1, 0.15) is 41.6 Å². The summed E-state index contributed by atoms with van der Waals surface area (Å²) < 4.78 is 5.14. The first-order valence-corrected chi connectivity index (χ1v) is 9.65. The zero-order chi connectivity index (χ0) is 18.7. The molecule has 0 aliphatic carbocycles. The van der Waals surface area contributed by atoms with E-state index in [0.29, 0.717) is 34.6 Å². The van der Waals surface area contributed by atoms with Crippen LogP contribution >= 0.6 is 11.3 Å². The quantitative estimate of drug-likeness (QED) is 0.834. The number of nitrogens with zero attached hydrogens (tertiary/aromatic N) is 2. The van der Waals surface area contributed by atoms with Crippen LogP contribution in [0.5, 0.6) is 0 Å². The van der Waals surface area contributed by atoms with Crippen molar-refractivity contribution in [1.82, 2.24) is 9.88 Å². The van der Waals surface area contributed by atoms with E-state index < -0.39 is 0 Å². The number of carbonyl (C=O) groups excluding carboxylic acids is 2. The van der Waals surface area contributed by atoms with Crippen molar-refractivity contribution in [2.75, 3.05) is 18.4 Å². The first kappa shape index (κ1) is 18.6. The summed E-state index contributed by atoms with van der Waals surface area (Å²) in [5.74, 6) is 0.711. The van der Waals surface area contributed by atoms with E-state index in [1.165, 1.54) is 17.6 Å². The topological polar surface area (TPSA) is 101 Å². The van der Waals surface area contributed by atoms with E-state index in [-0.39, 0.29) is 24.3 Å². The van der Waals surface area contributed by atoms with E-state index in [4.69, 9.17) is 10.2 Å². The number of likely N-dealkylation sites (tertiary alicyclic amines) is 1. The molecule has 2 amide bonds. The van der Waals surface area contributed by atoms with Crippen LogP contribution < -0.4 is 11.1 Å². The summed E-state index contributed by atoms with van der Waals surface area (Å²) >= 11 is 1.31. The highest BCUT2D eigenvalue weighted by Gasteiger charge is 2.26. The van der Waals surface area contributed by atoms with Crippen LogP contribution in [-0.4, -0.2) is 40.8 Å². The standard InChI is InChI=1S/C18H24N4O3S/c1-11(19)13-4-3-6-22(9-13)16(23)8-14-10-26-18(20-14)21-17(24)15-5-7-25-12(15)2/h5,7,10-11,13H,3-4,6,8-9,19H2,1-2H3,(H,20,21,24). The SMILES string of the molecule is Cc1occc1C(=O)Nc1nc(CC(=O)N2CCCC(C(C)N)C2)cs1. The molecular weight excluding hydrogens is 352 g/mol. The molecule has 8 heteroatoms. The molecule has 0 bridgehead atoms. The lowest BCUT2D eigenvalue weighted by molar-refractivity contribution is -0.132. The Balaban J connectivity index is 1.57. The molecule has 1 fully saturated rings. The number of thiazole rings is 1. The van der Waals surface area contributed by atoms with Crippen LogP contribution in [0.15, 0.2) is 22.1 Å². The van der Waals surface area contributed by atoms with E-state index in [9.17, 15) is 9.59 Å². The summed E-state index contributed by atoms with van der Waals surface area (Å²) in [5, 5.41) is 5.03. The normalized spacial score (nSPS) is 18.6. The Morgan fingerprint density at radius 3 is 3.04 bits per heavy atom. The maximum Gasteiger partial charge on any atom is 0.260 e. The molecule has 2 atom stereocenters. The molecule has 0 spiro atoms. The van der Waals surface area contributed by atoms with Gasteiger partial charge in [0.1, 0.15) is 5.76 Å². The summed E-state index contributed by atoms with van der Waals surface area (Å²) in [6.07, 6.45) is 3.77. The van der Waals surface area contributed by atoms with Crippen molar-refractivity contribution in [3.63, 3.8) is 0 Å². The first-order chi connectivity index (χ1) is 12.4. The van der Waals surface area contributed by atoms with Gasteiger partial charge in [0.05, 0.1) is 23.9 Å². The third kappa shape index (κ3) is 4.31. The number of carbonyl (C=O) groups is 2. The number of nitrogens with one attached hydrogen (secondary N) is 1. The predicted octanol–water partition coefficient (Wildman–Crippen LogP) is 2.43. The Bertz CT molecular complexity index is 783. The van der Waals surface area contributed by atoms with Crippen LogP contribution in [0.2, 0.25) is 0 Å². The van der Waals surface area contributed by atoms with Crippen LogP contribution in [0.4, 0.5) is 5.13 Å². The van der Waals surface area contributed by atoms with Gasteiger partial charge in [-0.25, -0.2) is 4.98 Å². The van der Waals surface area contributed by atoms with Gasteiger partial charge in [-0.2, -0.15) is 0 Å². The van der Waals surface area contributed by atoms with Crippen LogP contribution in [0.3, 0.4) is 0 Å². The number of rotatable bonds is 5. The zero-order valence-electron chi connectivity index (χ0n) is 15.0. The predicted molar refractivity (Wildman–Crippen MR) is 100 cm³/mol. The number of anilines is 1. The van der Waals surface area contributed by atoms with Crippen molar-refractivity contribution in [3.05, 3.63) is 34.7 Å². The van der Waals surface area contributed by atoms with Gasteiger partial charge in [0.2, 0.25) is 5.91 Å². The molecule has 140 valence electrons. The second-order valence-electron chi connectivity index (χ2n) is 6.77. The number of piperidine rings is 1. The lowest BCUT2D eigenvalue weighted by Gasteiger charge is -2.34. The Labute approximate surface area is 156 Å². The molecule has 3 N–H and O–H groups in total. The van der Waals surface area contributed by atoms with E-state index >= 15 is 0 Å². The molecular formula is C18H24N4O3S. The average Bonchev–Trinajstić information content (AvgIpc) is 3.23. The molecule has 1 saturated heterocycles. The van der Waals surface area contributed by atoms with Gasteiger partial charge < -0.3 is 15.1 Å². The van der Waals surface area contributed by atoms with Gasteiger partial charge in [-0.3, -0.25) is 14.9 Å². The Morgan fingerprint density at radius 1 is 1.54 bits per heavy atom. The summed E-state index contributed by atoms with van der Waals surface area (Å²) in [6.45, 7) is 5.21. The van der Waals surface area contributed by atoms with Gasteiger partial charge in [0.25, 0.3) is 5.91 Å². The molecule has 26 heavy (non-hydrogen) atoms. The fourth-order valence-corrected chi connectivity index (χ4v) is 3.87. The van der Waals surface area contributed by atoms with E-state index in [1.54, 1.807) is 13.0 Å². The summed E-state index contributed by atoms with van der Waals surface area (Å²) in [6, 6.07) is 1.71. The van der Waals surface area contributed by atoms with Gasteiger partial charge in [0.15, 0.2) is 5.13 Å². The van der Waals surface area contributed by atoms with Crippen molar-refractivity contribution in [2.45, 2.75) is 39.2 Å². The molecule has 2 aromatic heterocycles. The third-order valence-electron chi connectivity index (χ3n) is 4.76. The Hall–Kier alpha value is -2.19. The highest BCUT2D eigenvalue weighted by molar-refractivity contribution is 7.14. The van der Waals surface area contributed by atoms with Crippen LogP contribution in [0.25, 0.3) is 0 Å². The van der Waals surface area contributed by atoms with Crippen molar-refractivity contribution >= 4 is 28.3 Å². The van der Waals surface area contributed by atoms with E-state index in [2.05, 4.69) is 10.3 Å². The lowest BCUT2D eigenvalue weighted by Crippen LogP contribution is -2.45. The number of furan rings is 1. The first-order valence-electron chi connectivity index (χ1n) is 8.77. The Kier molecular flexibility index (Phi) is 5.73. The number of aryl methyl sites for hydroxylation is 1. The molecule has 0 radical (unpaired) electrons. The average molecular weight is 376 g/mol. The number of hydrogen-bond acceptors (Lipinski definition) is 6. The van der Waals surface area contributed by atoms with E-state index in [0.717, 1.165) is 19.4 Å². The number of aromatic nitrogens is 1. The highest BCUT2D eigenvalue weighted by atomic mass is 32.1. The molecule has 1 aliphatic rings. The van der Waals surface area contributed by atoms with Crippen LogP contribution in [0, 0.1) is 12.8 Å². The largest absolute Gasteiger partial charge is 0.469 e. The molecule has 2 unspecified atom stereocenters. The van der Waals surface area contributed by atoms with Gasteiger partial charge in [0, 0.05) is 24.5 Å². The van der Waals surface area contributed by atoms with Crippen molar-refractivity contribution in [1.29, 1.82) is 0 Å². The van der Waals surface area contributed by atoms with Gasteiger partial charge in [-0.15, -0.1) is 11.3 Å². The molecule has 1 aliphatic heterocycles. The van der Waals surface area contributed by atoms with Crippen molar-refractivity contribution in [2.24, 2.45) is 11.7 Å². The van der Waals surface area contributed by atoms with Gasteiger partial charge >= 0.3 is 0 Å². The third-order valence-corrected chi connectivity index (χ3v) is 5.57. The lowest BCUT2D eigenvalue weighted by atomic mass is 9.92. The minimum atomic E-state index is -0.265. The molecule has 3 heterocycles. The molecule has 7 nitrogen and oxygen atoms in total. The number of hydrogen-bond donors (Lipinski definition) is 2. The minimum Gasteiger partial charge on any atom is -0.469 e. The number of amides is 2. The second-order valence-corrected chi connectivity index (χ2v) is 7.62. The molecule has 2 aromatic rings. The summed E-state index contributed by atoms with van der Waals surface area (Å²) in [4.78, 5) is 31.0. The second kappa shape index (κ2) is 8.01. The Morgan fingerprint density at radius 2 is 2.35 bits per heavy atom.